The van der Waals surface area contributed by atoms with Gasteiger partial charge >= 0.3 is 0 Å². The van der Waals surface area contributed by atoms with Gasteiger partial charge in [0.15, 0.2) is 0 Å². The molecule has 0 spiro atoms. The molecule has 0 saturated carbocycles. The molecule has 9 heteroatoms. The van der Waals surface area contributed by atoms with Gasteiger partial charge in [-0.1, -0.05) is 0 Å². The summed E-state index contributed by atoms with van der Waals surface area (Å²) in [6.45, 7) is 0.368. The number of hydrogen-bond acceptors (Lipinski definition) is 5. The third kappa shape index (κ3) is 3.84. The Morgan fingerprint density at radius 1 is 1.22 bits per heavy atom. The Bertz CT molecular complexity index is 964. The summed E-state index contributed by atoms with van der Waals surface area (Å²) in [6, 6.07) is 5.51. The smallest absolute Gasteiger partial charge is 0.264 e. The van der Waals surface area contributed by atoms with Crippen molar-refractivity contribution in [1.82, 2.24) is 4.90 Å². The van der Waals surface area contributed by atoms with Gasteiger partial charge in [0, 0.05) is 17.7 Å². The fraction of sp³-hybridized carbons (Fsp3) is 0.333. The summed E-state index contributed by atoms with van der Waals surface area (Å²) in [5, 5.41) is 0. The van der Waals surface area contributed by atoms with Crippen LogP contribution in [0, 0.1) is 11.6 Å². The normalized spacial score (nSPS) is 16.6. The first-order valence-corrected chi connectivity index (χ1v) is 9.68. The van der Waals surface area contributed by atoms with Gasteiger partial charge in [-0.3, -0.25) is 4.72 Å². The minimum atomic E-state index is -4.27. The first-order valence-electron chi connectivity index (χ1n) is 8.20. The van der Waals surface area contributed by atoms with Crippen molar-refractivity contribution in [3.05, 3.63) is 47.5 Å². The van der Waals surface area contributed by atoms with Crippen LogP contribution < -0.4 is 14.2 Å². The molecule has 1 heterocycles. The number of nitrogens with zero attached hydrogens (tertiary/aromatic N) is 1. The molecule has 2 aromatic carbocycles. The predicted molar refractivity (Wildman–Crippen MR) is 96.8 cm³/mol. The maximum absolute atomic E-state index is 13.9. The van der Waals surface area contributed by atoms with Crippen LogP contribution in [0.4, 0.5) is 14.5 Å². The number of rotatable bonds is 5. The molecule has 0 amide bonds. The van der Waals surface area contributed by atoms with Crippen LogP contribution in [0.2, 0.25) is 0 Å². The van der Waals surface area contributed by atoms with Gasteiger partial charge in [0.1, 0.15) is 34.6 Å². The van der Waals surface area contributed by atoms with Gasteiger partial charge in [0.2, 0.25) is 0 Å². The van der Waals surface area contributed by atoms with Crippen LogP contribution in [0.5, 0.6) is 11.5 Å². The van der Waals surface area contributed by atoms with Gasteiger partial charge in [0.25, 0.3) is 10.0 Å². The van der Waals surface area contributed by atoms with Gasteiger partial charge in [0.05, 0.1) is 12.8 Å². The first kappa shape index (κ1) is 19.4. The largest absolute Gasteiger partial charge is 0.496 e. The maximum atomic E-state index is 13.9. The van der Waals surface area contributed by atoms with E-state index in [1.165, 1.54) is 13.2 Å². The van der Waals surface area contributed by atoms with E-state index in [2.05, 4.69) is 4.72 Å². The van der Waals surface area contributed by atoms with Crippen LogP contribution in [-0.2, 0) is 16.4 Å². The fourth-order valence-corrected chi connectivity index (χ4v) is 4.06. The summed E-state index contributed by atoms with van der Waals surface area (Å²) >= 11 is 0. The molecule has 6 nitrogen and oxygen atoms in total. The average molecular weight is 398 g/mol. The van der Waals surface area contributed by atoms with Crippen molar-refractivity contribution in [2.45, 2.75) is 17.4 Å². The van der Waals surface area contributed by atoms with Crippen LogP contribution in [0.1, 0.15) is 5.56 Å². The molecule has 1 N–H and O–H groups in total. The summed E-state index contributed by atoms with van der Waals surface area (Å²) in [4.78, 5) is 1.36. The second kappa shape index (κ2) is 7.32. The van der Waals surface area contributed by atoms with E-state index in [-0.39, 0.29) is 11.7 Å². The number of anilines is 1. The van der Waals surface area contributed by atoms with Gasteiger partial charge in [-0.2, -0.15) is 0 Å². The van der Waals surface area contributed by atoms with Crippen LogP contribution in [0.15, 0.2) is 35.2 Å². The molecule has 0 radical (unpaired) electrons. The van der Waals surface area contributed by atoms with E-state index < -0.39 is 26.6 Å². The van der Waals surface area contributed by atoms with Crippen molar-refractivity contribution in [3.63, 3.8) is 0 Å². The van der Waals surface area contributed by atoms with Crippen molar-refractivity contribution in [2.75, 3.05) is 32.5 Å². The summed E-state index contributed by atoms with van der Waals surface area (Å²) in [5.74, 6) is -1.10. The second-order valence-corrected chi connectivity index (χ2v) is 8.09. The van der Waals surface area contributed by atoms with Crippen molar-refractivity contribution < 1.29 is 26.7 Å². The molecule has 1 aliphatic rings. The van der Waals surface area contributed by atoms with E-state index in [1.807, 2.05) is 19.0 Å². The lowest BCUT2D eigenvalue weighted by Crippen LogP contribution is -2.38. The number of nitrogens with one attached hydrogen (secondary N) is 1. The van der Waals surface area contributed by atoms with E-state index in [1.54, 1.807) is 6.07 Å². The number of fused-ring (bicyclic) bond motifs is 1. The summed E-state index contributed by atoms with van der Waals surface area (Å²) in [5.41, 5.74) is 0.897. The Morgan fingerprint density at radius 2 is 1.96 bits per heavy atom. The zero-order valence-electron chi connectivity index (χ0n) is 15.1. The molecule has 0 saturated heterocycles. The van der Waals surface area contributed by atoms with Gasteiger partial charge in [-0.25, -0.2) is 17.2 Å². The van der Waals surface area contributed by atoms with Crippen molar-refractivity contribution >= 4 is 15.7 Å². The lowest BCUT2D eigenvalue weighted by atomic mass is 10.00. The lowest BCUT2D eigenvalue weighted by Gasteiger charge is -2.32. The average Bonchev–Trinajstić information content (AvgIpc) is 2.60. The van der Waals surface area contributed by atoms with E-state index >= 15 is 0 Å². The Morgan fingerprint density at radius 3 is 2.59 bits per heavy atom. The Labute approximate surface area is 156 Å². The third-order valence-electron chi connectivity index (χ3n) is 4.46. The number of methoxy groups -OCH3 is 1. The summed E-state index contributed by atoms with van der Waals surface area (Å²) < 4.78 is 65.7. The highest BCUT2D eigenvalue weighted by Gasteiger charge is 2.29. The molecule has 0 aliphatic carbocycles. The number of sulfonamides is 1. The Kier molecular flexibility index (Phi) is 5.25. The third-order valence-corrected chi connectivity index (χ3v) is 5.85. The predicted octanol–water partition coefficient (Wildman–Crippen LogP) is 2.64. The van der Waals surface area contributed by atoms with Crippen molar-refractivity contribution in [3.8, 4) is 11.5 Å². The number of ether oxygens (including phenoxy) is 2. The van der Waals surface area contributed by atoms with E-state index in [0.29, 0.717) is 30.6 Å². The van der Waals surface area contributed by atoms with Crippen LogP contribution in [-0.4, -0.2) is 47.2 Å². The highest BCUT2D eigenvalue weighted by Crippen LogP contribution is 2.40. The van der Waals surface area contributed by atoms with Crippen LogP contribution >= 0.6 is 0 Å². The second-order valence-electron chi connectivity index (χ2n) is 6.44. The lowest BCUT2D eigenvalue weighted by molar-refractivity contribution is 0.164. The minimum Gasteiger partial charge on any atom is -0.496 e. The van der Waals surface area contributed by atoms with E-state index in [4.69, 9.17) is 9.47 Å². The molecule has 0 aromatic heterocycles. The zero-order valence-corrected chi connectivity index (χ0v) is 15.9. The molecule has 0 bridgehead atoms. The molecule has 27 heavy (non-hydrogen) atoms. The Balaban J connectivity index is 2.00. The van der Waals surface area contributed by atoms with Gasteiger partial charge in [-0.05, 0) is 44.8 Å². The van der Waals surface area contributed by atoms with Gasteiger partial charge in [-0.15, -0.1) is 0 Å². The van der Waals surface area contributed by atoms with E-state index in [9.17, 15) is 17.2 Å². The molecule has 0 unspecified atom stereocenters. The van der Waals surface area contributed by atoms with Crippen molar-refractivity contribution in [1.29, 1.82) is 0 Å². The number of likely N-dealkylation sites (N-methyl/N-ethyl adjacent to an activating group) is 1. The summed E-state index contributed by atoms with van der Waals surface area (Å²) in [7, 11) is 1.11. The monoisotopic (exact) mass is 398 g/mol. The Hall–Kier alpha value is -2.39. The molecular weight excluding hydrogens is 378 g/mol. The standard InChI is InChI=1S/C18H20F2N2O4S/c1-22(2)12-9-13-16(25-3)6-5-15(18(13)26-10-12)21-27(23,24)17-7-4-11(19)8-14(17)20/h4-8,12,21H,9-10H2,1-3H3/t12-/m1/s1. The molecule has 1 aliphatic heterocycles. The highest BCUT2D eigenvalue weighted by atomic mass is 32.2. The molecular formula is C18H20F2N2O4S. The van der Waals surface area contributed by atoms with Crippen molar-refractivity contribution in [2.24, 2.45) is 0 Å². The number of benzene rings is 2. The molecule has 0 fully saturated rings. The highest BCUT2D eigenvalue weighted by molar-refractivity contribution is 7.92. The van der Waals surface area contributed by atoms with Crippen LogP contribution in [0.3, 0.4) is 0 Å². The zero-order chi connectivity index (χ0) is 19.8. The first-order chi connectivity index (χ1) is 12.7. The van der Waals surface area contributed by atoms with Crippen LogP contribution in [0.25, 0.3) is 0 Å². The number of hydrogen-bond donors (Lipinski definition) is 1. The van der Waals surface area contributed by atoms with Gasteiger partial charge < -0.3 is 14.4 Å². The number of halogens is 2. The minimum absolute atomic E-state index is 0.104. The topological polar surface area (TPSA) is 67.9 Å². The molecule has 3 rings (SSSR count). The fourth-order valence-electron chi connectivity index (χ4n) is 2.94. The maximum Gasteiger partial charge on any atom is 0.264 e. The SMILES string of the molecule is COc1ccc(NS(=O)(=O)c2ccc(F)cc2F)c2c1C[C@@H](N(C)C)CO2. The molecule has 1 atom stereocenters. The quantitative estimate of drug-likeness (QED) is 0.839. The molecule has 146 valence electrons. The summed E-state index contributed by atoms with van der Waals surface area (Å²) in [6.07, 6.45) is 0.603. The molecule has 2 aromatic rings. The van der Waals surface area contributed by atoms with E-state index in [0.717, 1.165) is 17.7 Å².